The van der Waals surface area contributed by atoms with Gasteiger partial charge in [0, 0.05) is 0 Å². The Balaban J connectivity index is 2.24. The van der Waals surface area contributed by atoms with E-state index in [-0.39, 0.29) is 0 Å². The van der Waals surface area contributed by atoms with Crippen LogP contribution >= 0.6 is 0 Å². The van der Waals surface area contributed by atoms with E-state index in [1.165, 1.54) is 5.56 Å². The van der Waals surface area contributed by atoms with Crippen LogP contribution in [0.15, 0.2) is 36.7 Å². The highest BCUT2D eigenvalue weighted by Gasteiger charge is 2.01. The van der Waals surface area contributed by atoms with Crippen molar-refractivity contribution in [2.75, 3.05) is 5.32 Å². The van der Waals surface area contributed by atoms with Crippen LogP contribution < -0.4 is 11.1 Å². The van der Waals surface area contributed by atoms with Crippen LogP contribution in [0.2, 0.25) is 0 Å². The van der Waals surface area contributed by atoms with Crippen molar-refractivity contribution in [2.24, 2.45) is 5.73 Å². The van der Waals surface area contributed by atoms with Gasteiger partial charge in [-0.25, -0.2) is 9.48 Å². The first-order valence-electron chi connectivity index (χ1n) is 4.83. The maximum absolute atomic E-state index is 10.6. The Hall–Kier alpha value is -2.30. The quantitative estimate of drug-likeness (QED) is 0.801. The average molecular weight is 216 g/mol. The van der Waals surface area contributed by atoms with E-state index in [1.54, 1.807) is 17.1 Å². The number of anilines is 1. The summed E-state index contributed by atoms with van der Waals surface area (Å²) in [6.45, 7) is 2.02. The highest BCUT2D eigenvalue weighted by molar-refractivity contribution is 5.87. The van der Waals surface area contributed by atoms with Gasteiger partial charge in [0.25, 0.3) is 0 Å². The van der Waals surface area contributed by atoms with Gasteiger partial charge in [-0.15, -0.1) is 0 Å². The monoisotopic (exact) mass is 216 g/mol. The fourth-order valence-electron chi connectivity index (χ4n) is 1.37. The fraction of sp³-hybridized carbons (Fsp3) is 0.0909. The molecule has 0 fully saturated rings. The summed E-state index contributed by atoms with van der Waals surface area (Å²) in [6, 6.07) is 7.31. The van der Waals surface area contributed by atoms with Gasteiger partial charge in [-0.3, -0.25) is 0 Å². The van der Waals surface area contributed by atoms with Crippen molar-refractivity contribution in [3.63, 3.8) is 0 Å². The van der Waals surface area contributed by atoms with Gasteiger partial charge in [-0.2, -0.15) is 5.10 Å². The van der Waals surface area contributed by atoms with Crippen LogP contribution in [0.25, 0.3) is 5.69 Å². The molecule has 3 N–H and O–H groups in total. The number of nitrogens with two attached hydrogens (primary N) is 1. The summed E-state index contributed by atoms with van der Waals surface area (Å²) in [5.41, 5.74) is 7.70. The lowest BCUT2D eigenvalue weighted by Gasteiger charge is -2.00. The topological polar surface area (TPSA) is 72.9 Å². The van der Waals surface area contributed by atoms with Crippen LogP contribution in [0.1, 0.15) is 5.56 Å². The molecule has 1 aromatic carbocycles. The number of nitrogens with zero attached hydrogens (tertiary/aromatic N) is 2. The molecule has 0 bridgehead atoms. The van der Waals surface area contributed by atoms with Gasteiger partial charge in [0.15, 0.2) is 0 Å². The number of amides is 2. The molecule has 5 heteroatoms. The number of carbonyl (C=O) groups is 1. The van der Waals surface area contributed by atoms with Crippen LogP contribution in [0.3, 0.4) is 0 Å². The second-order valence-electron chi connectivity index (χ2n) is 3.50. The number of carbonyl (C=O) groups excluding carboxylic acids is 1. The van der Waals surface area contributed by atoms with Crippen molar-refractivity contribution in [3.8, 4) is 5.69 Å². The molecule has 2 rings (SSSR count). The third-order valence-corrected chi connectivity index (χ3v) is 2.15. The highest BCUT2D eigenvalue weighted by Crippen LogP contribution is 2.12. The molecule has 0 aliphatic heterocycles. The molecule has 16 heavy (non-hydrogen) atoms. The molecule has 1 aromatic heterocycles. The number of primary amides is 1. The third-order valence-electron chi connectivity index (χ3n) is 2.15. The lowest BCUT2D eigenvalue weighted by Crippen LogP contribution is -2.18. The summed E-state index contributed by atoms with van der Waals surface area (Å²) in [4.78, 5) is 10.6. The SMILES string of the molecule is Cc1ccc(-n2cc(NC(N)=O)cn2)cc1. The van der Waals surface area contributed by atoms with Gasteiger partial charge in [-0.05, 0) is 19.1 Å². The Morgan fingerprint density at radius 1 is 1.38 bits per heavy atom. The second-order valence-corrected chi connectivity index (χ2v) is 3.50. The highest BCUT2D eigenvalue weighted by atomic mass is 16.2. The summed E-state index contributed by atoms with van der Waals surface area (Å²) in [7, 11) is 0. The summed E-state index contributed by atoms with van der Waals surface area (Å²) >= 11 is 0. The van der Waals surface area contributed by atoms with E-state index in [9.17, 15) is 4.79 Å². The molecular formula is C11H12N4O. The Labute approximate surface area is 92.9 Å². The normalized spacial score (nSPS) is 10.1. The zero-order valence-corrected chi connectivity index (χ0v) is 8.84. The van der Waals surface area contributed by atoms with Gasteiger partial charge >= 0.3 is 6.03 Å². The third kappa shape index (κ3) is 2.20. The van der Waals surface area contributed by atoms with E-state index >= 15 is 0 Å². The van der Waals surface area contributed by atoms with E-state index in [4.69, 9.17) is 5.73 Å². The number of urea groups is 1. The van der Waals surface area contributed by atoms with Crippen LogP contribution in [0.4, 0.5) is 10.5 Å². The summed E-state index contributed by atoms with van der Waals surface area (Å²) in [5.74, 6) is 0. The first-order valence-corrected chi connectivity index (χ1v) is 4.83. The molecule has 0 unspecified atom stereocenters. The molecule has 0 saturated heterocycles. The first kappa shape index (κ1) is 10.2. The fourth-order valence-corrected chi connectivity index (χ4v) is 1.37. The largest absolute Gasteiger partial charge is 0.351 e. The summed E-state index contributed by atoms with van der Waals surface area (Å²) < 4.78 is 1.67. The zero-order chi connectivity index (χ0) is 11.5. The molecule has 5 nitrogen and oxygen atoms in total. The number of benzene rings is 1. The molecule has 2 aromatic rings. The molecule has 0 atom stereocenters. The van der Waals surface area contributed by atoms with Gasteiger partial charge in [0.05, 0.1) is 23.8 Å². The number of hydrogen-bond acceptors (Lipinski definition) is 2. The molecule has 0 aliphatic carbocycles. The number of nitrogens with one attached hydrogen (secondary N) is 1. The van der Waals surface area contributed by atoms with E-state index in [0.717, 1.165) is 5.69 Å². The van der Waals surface area contributed by atoms with Gasteiger partial charge in [-0.1, -0.05) is 17.7 Å². The van der Waals surface area contributed by atoms with Crippen LogP contribution in [-0.4, -0.2) is 15.8 Å². The smallest absolute Gasteiger partial charge is 0.316 e. The minimum absolute atomic E-state index is 0.577. The Morgan fingerprint density at radius 3 is 2.69 bits per heavy atom. The summed E-state index contributed by atoms with van der Waals surface area (Å²) in [6.07, 6.45) is 3.25. The Morgan fingerprint density at radius 2 is 2.06 bits per heavy atom. The minimum atomic E-state index is -0.594. The average Bonchev–Trinajstić information content (AvgIpc) is 2.66. The molecule has 0 saturated carbocycles. The minimum Gasteiger partial charge on any atom is -0.351 e. The van der Waals surface area contributed by atoms with E-state index in [0.29, 0.717) is 5.69 Å². The molecular weight excluding hydrogens is 204 g/mol. The van der Waals surface area contributed by atoms with Gasteiger partial charge < -0.3 is 11.1 Å². The van der Waals surface area contributed by atoms with Crippen molar-refractivity contribution in [3.05, 3.63) is 42.2 Å². The zero-order valence-electron chi connectivity index (χ0n) is 8.84. The lowest BCUT2D eigenvalue weighted by atomic mass is 10.2. The standard InChI is InChI=1S/C11H12N4O/c1-8-2-4-10(5-3-8)15-7-9(6-13-15)14-11(12)16/h2-7H,1H3,(H3,12,14,16). The van der Waals surface area contributed by atoms with E-state index in [1.807, 2.05) is 31.2 Å². The molecule has 2 amide bonds. The lowest BCUT2D eigenvalue weighted by molar-refractivity contribution is 0.259. The van der Waals surface area contributed by atoms with E-state index in [2.05, 4.69) is 10.4 Å². The van der Waals surface area contributed by atoms with Gasteiger partial charge in [0.2, 0.25) is 0 Å². The first-order chi connectivity index (χ1) is 7.65. The Kier molecular flexibility index (Phi) is 2.59. The number of hydrogen-bond donors (Lipinski definition) is 2. The maximum Gasteiger partial charge on any atom is 0.316 e. The van der Waals surface area contributed by atoms with Crippen molar-refractivity contribution < 1.29 is 4.79 Å². The van der Waals surface area contributed by atoms with Crippen molar-refractivity contribution in [1.29, 1.82) is 0 Å². The van der Waals surface area contributed by atoms with Gasteiger partial charge in [0.1, 0.15) is 0 Å². The molecule has 82 valence electrons. The predicted molar refractivity (Wildman–Crippen MR) is 61.5 cm³/mol. The Bertz CT molecular complexity index is 501. The predicted octanol–water partition coefficient (Wildman–Crippen LogP) is 1.67. The van der Waals surface area contributed by atoms with Crippen molar-refractivity contribution >= 4 is 11.7 Å². The number of aryl methyl sites for hydroxylation is 1. The van der Waals surface area contributed by atoms with Crippen LogP contribution in [0.5, 0.6) is 0 Å². The van der Waals surface area contributed by atoms with Crippen molar-refractivity contribution in [2.45, 2.75) is 6.92 Å². The second kappa shape index (κ2) is 4.06. The summed E-state index contributed by atoms with van der Waals surface area (Å²) in [5, 5.41) is 6.58. The number of aromatic nitrogens is 2. The van der Waals surface area contributed by atoms with Crippen molar-refractivity contribution in [1.82, 2.24) is 9.78 Å². The van der Waals surface area contributed by atoms with E-state index < -0.39 is 6.03 Å². The maximum atomic E-state index is 10.6. The molecule has 0 spiro atoms. The van der Waals surface area contributed by atoms with Crippen LogP contribution in [0, 0.1) is 6.92 Å². The molecule has 0 radical (unpaired) electrons. The number of rotatable bonds is 2. The van der Waals surface area contributed by atoms with Crippen LogP contribution in [-0.2, 0) is 0 Å². The molecule has 1 heterocycles. The molecule has 0 aliphatic rings.